The Kier molecular flexibility index (Phi) is 3.93. The number of carbonyl (C=O) groups is 1. The second-order valence-corrected chi connectivity index (χ2v) is 3.88. The minimum absolute atomic E-state index is 0.00477. The highest BCUT2D eigenvalue weighted by Gasteiger charge is 2.33. The summed E-state index contributed by atoms with van der Waals surface area (Å²) in [6, 6.07) is 4.82. The molecule has 0 saturated heterocycles. The van der Waals surface area contributed by atoms with Crippen molar-refractivity contribution in [3.63, 3.8) is 0 Å². The number of rotatable bonds is 4. The number of aldehydes is 1. The van der Waals surface area contributed by atoms with Crippen LogP contribution in [0.15, 0.2) is 24.3 Å². The van der Waals surface area contributed by atoms with Gasteiger partial charge in [-0.1, -0.05) is 12.1 Å². The fraction of sp³-hybridized carbons (Fsp3) is 0.417. The molecule has 0 fully saturated rings. The molecule has 0 aromatic heterocycles. The molecule has 1 rings (SSSR count). The second-order valence-electron chi connectivity index (χ2n) is 3.88. The first-order chi connectivity index (χ1) is 7.83. The molecule has 0 aliphatic heterocycles. The molecule has 0 bridgehead atoms. The van der Waals surface area contributed by atoms with E-state index in [-0.39, 0.29) is 6.42 Å². The van der Waals surface area contributed by atoms with Gasteiger partial charge in [0.15, 0.2) is 0 Å². The fourth-order valence-corrected chi connectivity index (χ4v) is 1.50. The summed E-state index contributed by atoms with van der Waals surface area (Å²) in [7, 11) is 1.36. The normalized spacial score (nSPS) is 15.4. The maximum atomic E-state index is 12.5. The summed E-state index contributed by atoms with van der Waals surface area (Å²) in [6.07, 6.45) is -3.76. The van der Waals surface area contributed by atoms with Gasteiger partial charge < -0.3 is 9.53 Å². The Hall–Kier alpha value is -1.36. The van der Waals surface area contributed by atoms with E-state index in [2.05, 4.69) is 0 Å². The topological polar surface area (TPSA) is 26.3 Å². The standard InChI is InChI=1S/C12H13F3O2/c1-11(17-2,6-7-16)9-4-3-5-10(8-9)12(13,14)15/h3-5,7-8H,6H2,1-2H3. The van der Waals surface area contributed by atoms with Crippen LogP contribution in [0, 0.1) is 0 Å². The quantitative estimate of drug-likeness (QED) is 0.763. The van der Waals surface area contributed by atoms with Gasteiger partial charge in [-0.25, -0.2) is 0 Å². The maximum absolute atomic E-state index is 12.5. The lowest BCUT2D eigenvalue weighted by Gasteiger charge is -2.27. The monoisotopic (exact) mass is 246 g/mol. The molecular weight excluding hydrogens is 233 g/mol. The van der Waals surface area contributed by atoms with Crippen LogP contribution >= 0.6 is 0 Å². The highest BCUT2D eigenvalue weighted by molar-refractivity contribution is 5.52. The fourth-order valence-electron chi connectivity index (χ4n) is 1.50. The zero-order valence-electron chi connectivity index (χ0n) is 9.54. The SMILES string of the molecule is COC(C)(CC=O)c1cccc(C(F)(F)F)c1. The summed E-state index contributed by atoms with van der Waals surface area (Å²) in [5, 5.41) is 0. The third kappa shape index (κ3) is 3.06. The summed E-state index contributed by atoms with van der Waals surface area (Å²) in [6.45, 7) is 1.58. The number of halogens is 3. The molecule has 1 aromatic rings. The minimum atomic E-state index is -4.40. The van der Waals surface area contributed by atoms with E-state index in [9.17, 15) is 18.0 Å². The first-order valence-electron chi connectivity index (χ1n) is 5.00. The number of benzene rings is 1. The van der Waals surface area contributed by atoms with Gasteiger partial charge in [-0.15, -0.1) is 0 Å². The average molecular weight is 246 g/mol. The van der Waals surface area contributed by atoms with Crippen molar-refractivity contribution in [1.82, 2.24) is 0 Å². The summed E-state index contributed by atoms with van der Waals surface area (Å²) in [5.74, 6) is 0. The Morgan fingerprint density at radius 2 is 1.88 bits per heavy atom. The molecule has 0 radical (unpaired) electrons. The molecule has 5 heteroatoms. The van der Waals surface area contributed by atoms with Gasteiger partial charge in [-0.2, -0.15) is 13.2 Å². The molecule has 2 nitrogen and oxygen atoms in total. The molecule has 0 aliphatic carbocycles. The van der Waals surface area contributed by atoms with Gasteiger partial charge in [0.25, 0.3) is 0 Å². The number of hydrogen-bond donors (Lipinski definition) is 0. The number of ether oxygens (including phenoxy) is 1. The van der Waals surface area contributed by atoms with Crippen molar-refractivity contribution in [3.05, 3.63) is 35.4 Å². The van der Waals surface area contributed by atoms with Gasteiger partial charge in [0.2, 0.25) is 0 Å². The molecule has 0 heterocycles. The predicted octanol–water partition coefficient (Wildman–Crippen LogP) is 3.16. The molecular formula is C12H13F3O2. The van der Waals surface area contributed by atoms with Crippen LogP contribution in [0.3, 0.4) is 0 Å². The number of hydrogen-bond acceptors (Lipinski definition) is 2. The zero-order valence-corrected chi connectivity index (χ0v) is 9.54. The summed E-state index contributed by atoms with van der Waals surface area (Å²) < 4.78 is 42.7. The molecule has 0 saturated carbocycles. The zero-order chi connectivity index (χ0) is 13.1. The molecule has 0 amide bonds. The Morgan fingerprint density at radius 1 is 1.29 bits per heavy atom. The third-order valence-electron chi connectivity index (χ3n) is 2.72. The highest BCUT2D eigenvalue weighted by Crippen LogP contribution is 2.34. The van der Waals surface area contributed by atoms with Gasteiger partial charge in [0.1, 0.15) is 6.29 Å². The van der Waals surface area contributed by atoms with Crippen LogP contribution in [-0.2, 0) is 21.3 Å². The summed E-state index contributed by atoms with van der Waals surface area (Å²) in [5.41, 5.74) is -1.44. The average Bonchev–Trinajstić information content (AvgIpc) is 2.28. The smallest absolute Gasteiger partial charge is 0.373 e. The second kappa shape index (κ2) is 4.87. The lowest BCUT2D eigenvalue weighted by atomic mass is 9.91. The number of methoxy groups -OCH3 is 1. The molecule has 17 heavy (non-hydrogen) atoms. The predicted molar refractivity (Wildman–Crippen MR) is 56.5 cm³/mol. The van der Waals surface area contributed by atoms with E-state index in [1.165, 1.54) is 19.2 Å². The molecule has 1 atom stereocenters. The molecule has 0 N–H and O–H groups in total. The van der Waals surface area contributed by atoms with E-state index in [0.29, 0.717) is 11.8 Å². The van der Waals surface area contributed by atoms with E-state index in [4.69, 9.17) is 4.74 Å². The lowest BCUT2D eigenvalue weighted by molar-refractivity contribution is -0.137. The largest absolute Gasteiger partial charge is 0.416 e. The van der Waals surface area contributed by atoms with Crippen LogP contribution in [0.5, 0.6) is 0 Å². The van der Waals surface area contributed by atoms with Crippen LogP contribution < -0.4 is 0 Å². The Bertz CT molecular complexity index is 401. The summed E-state index contributed by atoms with van der Waals surface area (Å²) >= 11 is 0. The van der Waals surface area contributed by atoms with Crippen LogP contribution in [0.1, 0.15) is 24.5 Å². The lowest BCUT2D eigenvalue weighted by Crippen LogP contribution is -2.25. The first kappa shape index (κ1) is 13.7. The van der Waals surface area contributed by atoms with Crippen LogP contribution in [-0.4, -0.2) is 13.4 Å². The highest BCUT2D eigenvalue weighted by atomic mass is 19.4. The van der Waals surface area contributed by atoms with Crippen molar-refractivity contribution in [2.45, 2.75) is 25.1 Å². The Labute approximate surface area is 97.4 Å². The molecule has 0 aliphatic rings. The van der Waals surface area contributed by atoms with E-state index in [0.717, 1.165) is 12.1 Å². The molecule has 1 unspecified atom stereocenters. The molecule has 0 spiro atoms. The third-order valence-corrected chi connectivity index (χ3v) is 2.72. The van der Waals surface area contributed by atoms with E-state index in [1.54, 1.807) is 6.92 Å². The Morgan fingerprint density at radius 3 is 2.35 bits per heavy atom. The maximum Gasteiger partial charge on any atom is 0.416 e. The first-order valence-corrected chi connectivity index (χ1v) is 5.00. The number of alkyl halides is 3. The number of carbonyl (C=O) groups excluding carboxylic acids is 1. The van der Waals surface area contributed by atoms with Crippen LogP contribution in [0.4, 0.5) is 13.2 Å². The molecule has 94 valence electrons. The van der Waals surface area contributed by atoms with Gasteiger partial charge in [0.05, 0.1) is 11.2 Å². The van der Waals surface area contributed by atoms with Crippen LogP contribution in [0.25, 0.3) is 0 Å². The van der Waals surface area contributed by atoms with Gasteiger partial charge in [0, 0.05) is 13.5 Å². The van der Waals surface area contributed by atoms with Crippen LogP contribution in [0.2, 0.25) is 0 Å². The van der Waals surface area contributed by atoms with Crippen molar-refractivity contribution < 1.29 is 22.7 Å². The minimum Gasteiger partial charge on any atom is -0.373 e. The van der Waals surface area contributed by atoms with Crippen molar-refractivity contribution in [2.24, 2.45) is 0 Å². The van der Waals surface area contributed by atoms with E-state index < -0.39 is 17.3 Å². The van der Waals surface area contributed by atoms with Crippen molar-refractivity contribution in [1.29, 1.82) is 0 Å². The van der Waals surface area contributed by atoms with E-state index in [1.807, 2.05) is 0 Å². The Balaban J connectivity index is 3.18. The molecule has 1 aromatic carbocycles. The van der Waals surface area contributed by atoms with Gasteiger partial charge >= 0.3 is 6.18 Å². The van der Waals surface area contributed by atoms with Gasteiger partial charge in [-0.3, -0.25) is 0 Å². The van der Waals surface area contributed by atoms with Crippen molar-refractivity contribution in [2.75, 3.05) is 7.11 Å². The van der Waals surface area contributed by atoms with E-state index >= 15 is 0 Å². The van der Waals surface area contributed by atoms with Gasteiger partial charge in [-0.05, 0) is 24.6 Å². The van der Waals surface area contributed by atoms with Crippen molar-refractivity contribution in [3.8, 4) is 0 Å². The van der Waals surface area contributed by atoms with Crippen molar-refractivity contribution >= 4 is 6.29 Å². The summed E-state index contributed by atoms with van der Waals surface area (Å²) in [4.78, 5) is 10.5.